The number of likely N-dealkylation sites (tertiary alicyclic amines) is 1. The Bertz CT molecular complexity index is 395. The van der Waals surface area contributed by atoms with E-state index < -0.39 is 11.6 Å². The predicted octanol–water partition coefficient (Wildman–Crippen LogP) is 2.45. The Morgan fingerprint density at radius 2 is 2.24 bits per heavy atom. The average molecular weight is 240 g/mol. The minimum absolute atomic E-state index is 0.0494. The summed E-state index contributed by atoms with van der Waals surface area (Å²) in [6.45, 7) is 3.47. The van der Waals surface area contributed by atoms with Gasteiger partial charge in [0, 0.05) is 30.3 Å². The molecule has 2 N–H and O–H groups in total. The summed E-state index contributed by atoms with van der Waals surface area (Å²) in [4.78, 5) is 2.20. The van der Waals surface area contributed by atoms with Crippen LogP contribution in [0.3, 0.4) is 0 Å². The van der Waals surface area contributed by atoms with Crippen LogP contribution in [0.15, 0.2) is 18.2 Å². The molecular weight excluding hydrogens is 222 g/mol. The number of benzene rings is 1. The van der Waals surface area contributed by atoms with Gasteiger partial charge in [-0.3, -0.25) is 4.90 Å². The zero-order valence-corrected chi connectivity index (χ0v) is 10.00. The molecule has 2 unspecified atom stereocenters. The first-order valence-electron chi connectivity index (χ1n) is 6.04. The van der Waals surface area contributed by atoms with Crippen LogP contribution in [0.5, 0.6) is 0 Å². The quantitative estimate of drug-likeness (QED) is 0.879. The van der Waals surface area contributed by atoms with Gasteiger partial charge in [0.25, 0.3) is 0 Å². The van der Waals surface area contributed by atoms with Crippen LogP contribution in [0.4, 0.5) is 8.78 Å². The van der Waals surface area contributed by atoms with E-state index >= 15 is 0 Å². The van der Waals surface area contributed by atoms with Crippen LogP contribution in [0.25, 0.3) is 0 Å². The second-order valence-corrected chi connectivity index (χ2v) is 4.61. The first-order chi connectivity index (χ1) is 8.13. The fourth-order valence-corrected chi connectivity index (χ4v) is 2.64. The number of hydrogen-bond donors (Lipinski definition) is 1. The summed E-state index contributed by atoms with van der Waals surface area (Å²) in [5, 5.41) is 0. The van der Waals surface area contributed by atoms with E-state index in [0.29, 0.717) is 18.2 Å². The molecule has 1 aliphatic rings. The smallest absolute Gasteiger partial charge is 0.130 e. The highest BCUT2D eigenvalue weighted by molar-refractivity contribution is 5.22. The lowest BCUT2D eigenvalue weighted by molar-refractivity contribution is 0.193. The van der Waals surface area contributed by atoms with Gasteiger partial charge < -0.3 is 5.73 Å². The predicted molar refractivity (Wildman–Crippen MR) is 63.6 cm³/mol. The molecule has 1 aliphatic heterocycles. The van der Waals surface area contributed by atoms with E-state index in [1.165, 1.54) is 12.1 Å². The molecule has 0 saturated carbocycles. The maximum atomic E-state index is 13.7. The molecule has 0 aliphatic carbocycles. The van der Waals surface area contributed by atoms with Gasteiger partial charge in [0.15, 0.2) is 0 Å². The average Bonchev–Trinajstić information content (AvgIpc) is 2.76. The first-order valence-corrected chi connectivity index (χ1v) is 6.04. The zero-order chi connectivity index (χ0) is 12.4. The largest absolute Gasteiger partial charge is 0.329 e. The monoisotopic (exact) mass is 240 g/mol. The molecule has 1 saturated heterocycles. The number of halogens is 2. The van der Waals surface area contributed by atoms with Gasteiger partial charge in [-0.25, -0.2) is 8.78 Å². The summed E-state index contributed by atoms with van der Waals surface area (Å²) in [5.41, 5.74) is 6.25. The van der Waals surface area contributed by atoms with Crippen molar-refractivity contribution in [2.75, 3.05) is 13.1 Å². The molecule has 94 valence electrons. The van der Waals surface area contributed by atoms with Gasteiger partial charge in [-0.15, -0.1) is 0 Å². The number of nitrogens with zero attached hydrogens (tertiary/aromatic N) is 1. The van der Waals surface area contributed by atoms with Crippen LogP contribution in [0.1, 0.15) is 31.4 Å². The maximum absolute atomic E-state index is 13.7. The highest BCUT2D eigenvalue weighted by Crippen LogP contribution is 2.30. The second kappa shape index (κ2) is 5.10. The number of nitrogens with two attached hydrogens (primary N) is 1. The number of hydrogen-bond acceptors (Lipinski definition) is 2. The fraction of sp³-hybridized carbons (Fsp3) is 0.538. The van der Waals surface area contributed by atoms with Crippen molar-refractivity contribution in [1.82, 2.24) is 4.90 Å². The molecule has 17 heavy (non-hydrogen) atoms. The number of rotatable bonds is 3. The van der Waals surface area contributed by atoms with Crippen LogP contribution in [0, 0.1) is 11.6 Å². The summed E-state index contributed by atoms with van der Waals surface area (Å²) in [5.74, 6) is -1.00. The second-order valence-electron chi connectivity index (χ2n) is 4.61. The van der Waals surface area contributed by atoms with Crippen molar-refractivity contribution in [3.05, 3.63) is 35.4 Å². The lowest BCUT2D eigenvalue weighted by atomic mass is 10.1. The van der Waals surface area contributed by atoms with Gasteiger partial charge in [0.05, 0.1) is 0 Å². The van der Waals surface area contributed by atoms with Crippen molar-refractivity contribution >= 4 is 0 Å². The Morgan fingerprint density at radius 3 is 2.88 bits per heavy atom. The molecule has 1 heterocycles. The van der Waals surface area contributed by atoms with E-state index in [1.807, 2.05) is 6.92 Å². The van der Waals surface area contributed by atoms with Gasteiger partial charge in [0.1, 0.15) is 11.6 Å². The third-order valence-corrected chi connectivity index (χ3v) is 3.60. The highest BCUT2D eigenvalue weighted by Gasteiger charge is 2.29. The van der Waals surface area contributed by atoms with Crippen molar-refractivity contribution in [3.8, 4) is 0 Å². The third kappa shape index (κ3) is 2.48. The summed E-state index contributed by atoms with van der Waals surface area (Å²) >= 11 is 0. The zero-order valence-electron chi connectivity index (χ0n) is 10.00. The molecule has 2 nitrogen and oxygen atoms in total. The van der Waals surface area contributed by atoms with Crippen LogP contribution in [0.2, 0.25) is 0 Å². The molecule has 0 amide bonds. The topological polar surface area (TPSA) is 29.3 Å². The summed E-state index contributed by atoms with van der Waals surface area (Å²) in [6, 6.07) is 4.05. The molecule has 4 heteroatoms. The lowest BCUT2D eigenvalue weighted by Crippen LogP contribution is -2.37. The van der Waals surface area contributed by atoms with Crippen LogP contribution in [-0.4, -0.2) is 24.0 Å². The first kappa shape index (κ1) is 12.5. The minimum Gasteiger partial charge on any atom is -0.329 e. The van der Waals surface area contributed by atoms with Gasteiger partial charge in [-0.2, -0.15) is 0 Å². The molecule has 1 aromatic carbocycles. The minimum atomic E-state index is -0.532. The molecule has 1 aromatic rings. The van der Waals surface area contributed by atoms with Crippen molar-refractivity contribution < 1.29 is 8.78 Å². The molecule has 2 atom stereocenters. The molecular formula is C13H18F2N2. The Labute approximate surface area is 100 Å². The Balaban J connectivity index is 2.21. The Hall–Kier alpha value is -1.00. The highest BCUT2D eigenvalue weighted by atomic mass is 19.1. The fourth-order valence-electron chi connectivity index (χ4n) is 2.64. The third-order valence-electron chi connectivity index (χ3n) is 3.60. The molecule has 0 spiro atoms. The standard InChI is InChI=1S/C13H18F2N2/c1-9(17-6-2-3-11(17)8-16)12-5-4-10(14)7-13(12)15/h4-5,7,9,11H,2-3,6,8,16H2,1H3. The molecule has 2 rings (SSSR count). The van der Waals surface area contributed by atoms with Crippen molar-refractivity contribution in [2.45, 2.75) is 31.8 Å². The van der Waals surface area contributed by atoms with Gasteiger partial charge in [-0.05, 0) is 32.4 Å². The van der Waals surface area contributed by atoms with Gasteiger partial charge in [0.2, 0.25) is 0 Å². The Morgan fingerprint density at radius 1 is 1.47 bits per heavy atom. The van der Waals surface area contributed by atoms with Crippen LogP contribution in [-0.2, 0) is 0 Å². The maximum Gasteiger partial charge on any atom is 0.130 e. The summed E-state index contributed by atoms with van der Waals surface area (Å²) in [7, 11) is 0. The summed E-state index contributed by atoms with van der Waals surface area (Å²) < 4.78 is 26.5. The van der Waals surface area contributed by atoms with Gasteiger partial charge >= 0.3 is 0 Å². The molecule has 0 aromatic heterocycles. The van der Waals surface area contributed by atoms with Crippen molar-refractivity contribution in [3.63, 3.8) is 0 Å². The van der Waals surface area contributed by atoms with E-state index in [9.17, 15) is 8.78 Å². The van der Waals surface area contributed by atoms with E-state index in [-0.39, 0.29) is 6.04 Å². The Kier molecular flexibility index (Phi) is 3.74. The SMILES string of the molecule is CC(c1ccc(F)cc1F)N1CCCC1CN. The van der Waals surface area contributed by atoms with E-state index in [4.69, 9.17) is 5.73 Å². The van der Waals surface area contributed by atoms with E-state index in [2.05, 4.69) is 4.90 Å². The van der Waals surface area contributed by atoms with Crippen LogP contribution >= 0.6 is 0 Å². The molecule has 1 fully saturated rings. The van der Waals surface area contributed by atoms with E-state index in [1.54, 1.807) is 0 Å². The normalized spacial score (nSPS) is 22.9. The van der Waals surface area contributed by atoms with Crippen molar-refractivity contribution in [1.29, 1.82) is 0 Å². The van der Waals surface area contributed by atoms with Crippen LogP contribution < -0.4 is 5.73 Å². The lowest BCUT2D eigenvalue weighted by Gasteiger charge is -2.30. The van der Waals surface area contributed by atoms with Gasteiger partial charge in [-0.1, -0.05) is 6.07 Å². The molecule has 0 bridgehead atoms. The van der Waals surface area contributed by atoms with Crippen molar-refractivity contribution in [2.24, 2.45) is 5.73 Å². The van der Waals surface area contributed by atoms with E-state index in [0.717, 1.165) is 25.5 Å². The summed E-state index contributed by atoms with van der Waals surface area (Å²) in [6.07, 6.45) is 2.15. The molecule has 0 radical (unpaired) electrons.